The summed E-state index contributed by atoms with van der Waals surface area (Å²) in [6, 6.07) is 1.57. The number of nitrogens with zero attached hydrogens (tertiary/aromatic N) is 3. The Hall–Kier alpha value is -2.57. The van der Waals surface area contributed by atoms with Crippen molar-refractivity contribution in [2.24, 2.45) is 0 Å². The number of pyridine rings is 1. The van der Waals surface area contributed by atoms with Crippen LogP contribution in [0, 0.1) is 0 Å². The second-order valence-electron chi connectivity index (χ2n) is 4.09. The largest absolute Gasteiger partial charge is 0.462 e. The van der Waals surface area contributed by atoms with E-state index in [1.165, 1.54) is 6.20 Å². The first kappa shape index (κ1) is 13.9. The van der Waals surface area contributed by atoms with Gasteiger partial charge in [-0.25, -0.2) is 9.78 Å². The lowest BCUT2D eigenvalue weighted by molar-refractivity contribution is 0.0527. The van der Waals surface area contributed by atoms with Crippen molar-refractivity contribution in [3.63, 3.8) is 0 Å². The van der Waals surface area contributed by atoms with Crippen molar-refractivity contribution in [3.05, 3.63) is 30.2 Å². The molecule has 20 heavy (non-hydrogen) atoms. The quantitative estimate of drug-likeness (QED) is 0.808. The SMILES string of the molecule is CCOC(=O)c1cc(Nc2cnn(CC)c2)ncc1N. The number of carbonyl (C=O) groups is 1. The van der Waals surface area contributed by atoms with Crippen molar-refractivity contribution < 1.29 is 9.53 Å². The molecule has 0 aromatic carbocycles. The fraction of sp³-hybridized carbons (Fsp3) is 0.308. The van der Waals surface area contributed by atoms with Crippen molar-refractivity contribution >= 4 is 23.2 Å². The number of aryl methyl sites for hydroxylation is 1. The molecule has 3 N–H and O–H groups in total. The maximum absolute atomic E-state index is 11.7. The van der Waals surface area contributed by atoms with Crippen molar-refractivity contribution in [2.75, 3.05) is 17.7 Å². The van der Waals surface area contributed by atoms with Crippen LogP contribution < -0.4 is 11.1 Å². The molecule has 0 fully saturated rings. The average Bonchev–Trinajstić information content (AvgIpc) is 2.89. The van der Waals surface area contributed by atoms with Crippen LogP contribution in [-0.4, -0.2) is 27.3 Å². The summed E-state index contributed by atoms with van der Waals surface area (Å²) in [4.78, 5) is 15.9. The van der Waals surface area contributed by atoms with Gasteiger partial charge in [0, 0.05) is 12.7 Å². The Morgan fingerprint density at radius 2 is 2.25 bits per heavy atom. The number of anilines is 3. The van der Waals surface area contributed by atoms with Gasteiger partial charge in [-0.2, -0.15) is 5.10 Å². The van der Waals surface area contributed by atoms with E-state index >= 15 is 0 Å². The van der Waals surface area contributed by atoms with Crippen molar-refractivity contribution in [2.45, 2.75) is 20.4 Å². The molecule has 0 amide bonds. The summed E-state index contributed by atoms with van der Waals surface area (Å²) in [5.41, 5.74) is 7.11. The topological polar surface area (TPSA) is 95.1 Å². The molecule has 0 radical (unpaired) electrons. The van der Waals surface area contributed by atoms with E-state index in [4.69, 9.17) is 10.5 Å². The molecule has 0 aliphatic rings. The highest BCUT2D eigenvalue weighted by Crippen LogP contribution is 2.19. The number of hydrogen-bond donors (Lipinski definition) is 2. The fourth-order valence-electron chi connectivity index (χ4n) is 1.67. The van der Waals surface area contributed by atoms with E-state index in [1.54, 1.807) is 23.9 Å². The summed E-state index contributed by atoms with van der Waals surface area (Å²) in [5.74, 6) is 0.0533. The number of nitrogen functional groups attached to an aromatic ring is 1. The number of carbonyl (C=O) groups excluding carboxylic acids is 1. The van der Waals surface area contributed by atoms with E-state index in [0.717, 1.165) is 12.2 Å². The molecule has 0 saturated heterocycles. The molecule has 2 heterocycles. The number of nitrogens with one attached hydrogen (secondary N) is 1. The third-order valence-electron chi connectivity index (χ3n) is 2.66. The predicted octanol–water partition coefficient (Wildman–Crippen LogP) is 1.80. The van der Waals surface area contributed by atoms with Gasteiger partial charge in [0.25, 0.3) is 0 Å². The summed E-state index contributed by atoms with van der Waals surface area (Å²) < 4.78 is 6.73. The molecule has 2 aromatic rings. The minimum absolute atomic E-state index is 0.290. The Kier molecular flexibility index (Phi) is 4.19. The number of hydrogen-bond acceptors (Lipinski definition) is 6. The third kappa shape index (κ3) is 3.05. The van der Waals surface area contributed by atoms with Crippen LogP contribution in [-0.2, 0) is 11.3 Å². The summed E-state index contributed by atoms with van der Waals surface area (Å²) in [7, 11) is 0. The maximum Gasteiger partial charge on any atom is 0.340 e. The van der Waals surface area contributed by atoms with E-state index < -0.39 is 5.97 Å². The third-order valence-corrected chi connectivity index (χ3v) is 2.66. The Balaban J connectivity index is 2.20. The monoisotopic (exact) mass is 275 g/mol. The molecule has 0 unspecified atom stereocenters. The maximum atomic E-state index is 11.7. The number of ether oxygens (including phenoxy) is 1. The summed E-state index contributed by atoms with van der Waals surface area (Å²) in [6.07, 6.45) is 4.96. The van der Waals surface area contributed by atoms with Gasteiger partial charge in [-0.1, -0.05) is 0 Å². The van der Waals surface area contributed by atoms with Crippen LogP contribution in [0.25, 0.3) is 0 Å². The second kappa shape index (κ2) is 6.05. The van der Waals surface area contributed by atoms with Crippen LogP contribution in [0.5, 0.6) is 0 Å². The molecule has 7 nitrogen and oxygen atoms in total. The lowest BCUT2D eigenvalue weighted by Crippen LogP contribution is -2.09. The van der Waals surface area contributed by atoms with Gasteiger partial charge >= 0.3 is 5.97 Å². The molecule has 7 heteroatoms. The van der Waals surface area contributed by atoms with Crippen LogP contribution in [0.15, 0.2) is 24.7 Å². The highest BCUT2D eigenvalue weighted by atomic mass is 16.5. The van der Waals surface area contributed by atoms with E-state index in [1.807, 2.05) is 13.1 Å². The normalized spacial score (nSPS) is 10.3. The zero-order valence-corrected chi connectivity index (χ0v) is 11.5. The molecule has 0 bridgehead atoms. The van der Waals surface area contributed by atoms with E-state index in [-0.39, 0.29) is 0 Å². The first-order chi connectivity index (χ1) is 9.63. The number of esters is 1. The first-order valence-corrected chi connectivity index (χ1v) is 6.36. The van der Waals surface area contributed by atoms with Gasteiger partial charge in [0.05, 0.1) is 35.9 Å². The summed E-state index contributed by atoms with van der Waals surface area (Å²) >= 11 is 0. The minimum atomic E-state index is -0.459. The van der Waals surface area contributed by atoms with Crippen LogP contribution >= 0.6 is 0 Å². The van der Waals surface area contributed by atoms with Gasteiger partial charge in [-0.05, 0) is 19.9 Å². The molecule has 0 atom stereocenters. The van der Waals surface area contributed by atoms with Crippen molar-refractivity contribution in [1.29, 1.82) is 0 Å². The highest BCUT2D eigenvalue weighted by Gasteiger charge is 2.12. The molecular formula is C13H17N5O2. The molecule has 0 spiro atoms. The smallest absolute Gasteiger partial charge is 0.340 e. The van der Waals surface area contributed by atoms with Crippen LogP contribution in [0.3, 0.4) is 0 Å². The van der Waals surface area contributed by atoms with E-state index in [0.29, 0.717) is 23.7 Å². The van der Waals surface area contributed by atoms with E-state index in [9.17, 15) is 4.79 Å². The zero-order chi connectivity index (χ0) is 14.5. The second-order valence-corrected chi connectivity index (χ2v) is 4.09. The van der Waals surface area contributed by atoms with Crippen LogP contribution in [0.1, 0.15) is 24.2 Å². The van der Waals surface area contributed by atoms with Gasteiger partial charge in [0.15, 0.2) is 0 Å². The molecule has 0 saturated carbocycles. The van der Waals surface area contributed by atoms with Gasteiger partial charge < -0.3 is 15.8 Å². The Morgan fingerprint density at radius 3 is 2.90 bits per heavy atom. The zero-order valence-electron chi connectivity index (χ0n) is 11.5. The number of nitrogens with two attached hydrogens (primary N) is 1. The average molecular weight is 275 g/mol. The highest BCUT2D eigenvalue weighted by molar-refractivity contribution is 5.95. The Labute approximate surface area is 116 Å². The standard InChI is InChI=1S/C13H17N5O2/c1-3-18-8-9(6-16-18)17-12-5-10(11(14)7-15-12)13(19)20-4-2/h5-8H,3-4,14H2,1-2H3,(H,15,17). The number of aromatic nitrogens is 3. The van der Waals surface area contributed by atoms with Gasteiger partial charge in [0.1, 0.15) is 5.82 Å². The number of rotatable bonds is 5. The Morgan fingerprint density at radius 1 is 1.45 bits per heavy atom. The van der Waals surface area contributed by atoms with Gasteiger partial charge in [0.2, 0.25) is 0 Å². The molecule has 106 valence electrons. The predicted molar refractivity (Wildman–Crippen MR) is 75.8 cm³/mol. The lowest BCUT2D eigenvalue weighted by atomic mass is 10.2. The molecule has 2 rings (SSSR count). The van der Waals surface area contributed by atoms with Crippen molar-refractivity contribution in [1.82, 2.24) is 14.8 Å². The minimum Gasteiger partial charge on any atom is -0.462 e. The van der Waals surface area contributed by atoms with Crippen molar-refractivity contribution in [3.8, 4) is 0 Å². The summed E-state index contributed by atoms with van der Waals surface area (Å²) in [5, 5.41) is 7.21. The van der Waals surface area contributed by atoms with Crippen LogP contribution in [0.2, 0.25) is 0 Å². The first-order valence-electron chi connectivity index (χ1n) is 6.36. The molecule has 0 aliphatic heterocycles. The molecule has 0 aliphatic carbocycles. The molecule has 2 aromatic heterocycles. The fourth-order valence-corrected chi connectivity index (χ4v) is 1.67. The van der Waals surface area contributed by atoms with Gasteiger partial charge in [-0.3, -0.25) is 4.68 Å². The summed E-state index contributed by atoms with van der Waals surface area (Å²) in [6.45, 7) is 4.82. The van der Waals surface area contributed by atoms with Gasteiger partial charge in [-0.15, -0.1) is 0 Å². The Bertz CT molecular complexity index is 609. The van der Waals surface area contributed by atoms with Crippen LogP contribution in [0.4, 0.5) is 17.2 Å². The lowest BCUT2D eigenvalue weighted by Gasteiger charge is -2.08. The van der Waals surface area contributed by atoms with E-state index in [2.05, 4.69) is 15.4 Å². The molecular weight excluding hydrogens is 258 g/mol.